The molecule has 1 heterocycles. The molecule has 0 spiro atoms. The van der Waals surface area contributed by atoms with E-state index in [1.54, 1.807) is 30.3 Å². The van der Waals surface area contributed by atoms with Gasteiger partial charge in [-0.05, 0) is 34.4 Å². The Morgan fingerprint density at radius 3 is 1.68 bits per heavy atom. The zero-order chi connectivity index (χ0) is 23.5. The van der Waals surface area contributed by atoms with E-state index in [4.69, 9.17) is 0 Å². The third-order valence-electron chi connectivity index (χ3n) is 5.57. The van der Waals surface area contributed by atoms with Crippen molar-refractivity contribution in [1.29, 1.82) is 0 Å². The summed E-state index contributed by atoms with van der Waals surface area (Å²) in [5, 5.41) is 0. The number of nitrogens with zero attached hydrogens (tertiary/aromatic N) is 2. The highest BCUT2D eigenvalue weighted by molar-refractivity contribution is 7.90. The molecular weight excluding hydrogens is 460 g/mol. The summed E-state index contributed by atoms with van der Waals surface area (Å²) in [6, 6.07) is 36.9. The smallest absolute Gasteiger partial charge is 0.285 e. The molecule has 0 saturated carbocycles. The quantitative estimate of drug-likeness (QED) is 0.292. The van der Waals surface area contributed by atoms with Gasteiger partial charge in [0.25, 0.3) is 10.0 Å². The SMILES string of the molecule is Cn1c(-c2ccc(-c3ccccc3)cc2)c(-c2ccccc2)sc1=NS(=O)(=O)c1ccccc1. The van der Waals surface area contributed by atoms with Crippen LogP contribution >= 0.6 is 11.3 Å². The summed E-state index contributed by atoms with van der Waals surface area (Å²) in [7, 11) is -1.97. The molecule has 1 aromatic heterocycles. The number of hydrogen-bond donors (Lipinski definition) is 0. The lowest BCUT2D eigenvalue weighted by atomic mass is 10.0. The van der Waals surface area contributed by atoms with Crippen molar-refractivity contribution < 1.29 is 8.42 Å². The van der Waals surface area contributed by atoms with E-state index in [9.17, 15) is 8.42 Å². The zero-order valence-corrected chi connectivity index (χ0v) is 20.1. The van der Waals surface area contributed by atoms with Crippen molar-refractivity contribution in [3.8, 4) is 32.8 Å². The van der Waals surface area contributed by atoms with Gasteiger partial charge >= 0.3 is 0 Å². The number of aromatic nitrogens is 1. The topological polar surface area (TPSA) is 51.4 Å². The summed E-state index contributed by atoms with van der Waals surface area (Å²) in [5.41, 5.74) is 5.22. The minimum atomic E-state index is -3.83. The van der Waals surface area contributed by atoms with Crippen molar-refractivity contribution >= 4 is 21.4 Å². The van der Waals surface area contributed by atoms with Crippen LogP contribution in [0.25, 0.3) is 32.8 Å². The van der Waals surface area contributed by atoms with Crippen LogP contribution in [0.2, 0.25) is 0 Å². The summed E-state index contributed by atoms with van der Waals surface area (Å²) in [5.74, 6) is 0. The van der Waals surface area contributed by atoms with E-state index in [2.05, 4.69) is 40.8 Å². The molecule has 0 N–H and O–H groups in total. The van der Waals surface area contributed by atoms with Gasteiger partial charge in [-0.25, -0.2) is 0 Å². The van der Waals surface area contributed by atoms with Crippen molar-refractivity contribution in [1.82, 2.24) is 4.57 Å². The van der Waals surface area contributed by atoms with Crippen LogP contribution in [0.1, 0.15) is 0 Å². The van der Waals surface area contributed by atoms with Gasteiger partial charge in [-0.15, -0.1) is 4.40 Å². The first-order valence-corrected chi connectivity index (χ1v) is 13.1. The molecule has 0 radical (unpaired) electrons. The van der Waals surface area contributed by atoms with E-state index in [0.717, 1.165) is 32.8 Å². The summed E-state index contributed by atoms with van der Waals surface area (Å²) < 4.78 is 32.0. The first kappa shape index (κ1) is 22.1. The minimum absolute atomic E-state index is 0.179. The molecule has 0 aliphatic carbocycles. The van der Waals surface area contributed by atoms with Crippen LogP contribution in [0, 0.1) is 0 Å². The Balaban J connectivity index is 1.67. The van der Waals surface area contributed by atoms with E-state index in [0.29, 0.717) is 4.80 Å². The van der Waals surface area contributed by atoms with E-state index in [1.807, 2.05) is 60.1 Å². The second-order valence-corrected chi connectivity index (χ2v) is 10.4. The Morgan fingerprint density at radius 2 is 1.09 bits per heavy atom. The van der Waals surface area contributed by atoms with Gasteiger partial charge in [0.15, 0.2) is 0 Å². The third kappa shape index (κ3) is 4.38. The predicted molar refractivity (Wildman–Crippen MR) is 139 cm³/mol. The lowest BCUT2D eigenvalue weighted by Gasteiger charge is -2.09. The second kappa shape index (κ2) is 9.25. The van der Waals surface area contributed by atoms with Crippen molar-refractivity contribution in [3.05, 3.63) is 120 Å². The average molecular weight is 483 g/mol. The largest absolute Gasteiger partial charge is 0.318 e. The molecule has 5 rings (SSSR count). The summed E-state index contributed by atoms with van der Waals surface area (Å²) in [6.45, 7) is 0. The molecule has 6 heteroatoms. The van der Waals surface area contributed by atoms with Gasteiger partial charge in [0.05, 0.1) is 15.5 Å². The summed E-state index contributed by atoms with van der Waals surface area (Å²) in [6.07, 6.45) is 0. The Labute approximate surface area is 203 Å². The number of hydrogen-bond acceptors (Lipinski definition) is 3. The molecule has 0 bridgehead atoms. The fourth-order valence-corrected chi connectivity index (χ4v) is 6.24. The molecule has 0 atom stereocenters. The van der Waals surface area contributed by atoms with Gasteiger partial charge in [0.1, 0.15) is 0 Å². The van der Waals surface area contributed by atoms with Crippen LogP contribution in [-0.4, -0.2) is 13.0 Å². The average Bonchev–Trinajstić information content (AvgIpc) is 3.21. The van der Waals surface area contributed by atoms with Crippen molar-refractivity contribution in [2.75, 3.05) is 0 Å². The normalized spacial score (nSPS) is 12.1. The maximum atomic E-state index is 13.0. The lowest BCUT2D eigenvalue weighted by molar-refractivity contribution is 0.596. The van der Waals surface area contributed by atoms with Crippen molar-refractivity contribution in [3.63, 3.8) is 0 Å². The number of thiazole rings is 1. The molecule has 34 heavy (non-hydrogen) atoms. The van der Waals surface area contributed by atoms with Crippen LogP contribution in [0.4, 0.5) is 0 Å². The number of rotatable bonds is 5. The maximum Gasteiger partial charge on any atom is 0.285 e. The highest BCUT2D eigenvalue weighted by Gasteiger charge is 2.18. The third-order valence-corrected chi connectivity index (χ3v) is 8.15. The Bertz CT molecular complexity index is 1590. The Kier molecular flexibility index (Phi) is 6.01. The van der Waals surface area contributed by atoms with Crippen molar-refractivity contribution in [2.24, 2.45) is 11.4 Å². The Morgan fingerprint density at radius 1 is 0.618 bits per heavy atom. The Hall–Kier alpha value is -3.74. The first-order valence-electron chi connectivity index (χ1n) is 10.8. The number of sulfonamides is 1. The second-order valence-electron chi connectivity index (χ2n) is 7.81. The minimum Gasteiger partial charge on any atom is -0.318 e. The summed E-state index contributed by atoms with van der Waals surface area (Å²) in [4.78, 5) is 1.57. The highest BCUT2D eigenvalue weighted by Crippen LogP contribution is 2.35. The number of benzene rings is 4. The highest BCUT2D eigenvalue weighted by atomic mass is 32.2. The van der Waals surface area contributed by atoms with Crippen LogP contribution < -0.4 is 4.80 Å². The lowest BCUT2D eigenvalue weighted by Crippen LogP contribution is -2.14. The van der Waals surface area contributed by atoms with E-state index >= 15 is 0 Å². The molecule has 0 aliphatic rings. The monoisotopic (exact) mass is 482 g/mol. The van der Waals surface area contributed by atoms with E-state index < -0.39 is 10.0 Å². The van der Waals surface area contributed by atoms with E-state index in [1.165, 1.54) is 11.3 Å². The molecular formula is C28H22N2O2S2. The molecule has 4 aromatic carbocycles. The van der Waals surface area contributed by atoms with Gasteiger partial charge in [-0.3, -0.25) is 0 Å². The molecule has 0 aliphatic heterocycles. The van der Waals surface area contributed by atoms with Crippen LogP contribution in [0.5, 0.6) is 0 Å². The van der Waals surface area contributed by atoms with Crippen molar-refractivity contribution in [2.45, 2.75) is 4.90 Å². The van der Waals surface area contributed by atoms with Gasteiger partial charge in [-0.2, -0.15) is 8.42 Å². The predicted octanol–water partition coefficient (Wildman–Crippen LogP) is 6.38. The first-order chi connectivity index (χ1) is 16.5. The van der Waals surface area contributed by atoms with Gasteiger partial charge in [-0.1, -0.05) is 114 Å². The fourth-order valence-electron chi connectivity index (χ4n) is 3.84. The molecule has 0 unspecified atom stereocenters. The van der Waals surface area contributed by atoms with Crippen LogP contribution in [0.15, 0.2) is 125 Å². The standard InChI is InChI=1S/C28H22N2O2S2/c1-30-26(23-19-17-22(18-20-23)21-11-5-2-6-12-21)27(24-13-7-3-8-14-24)33-28(30)29-34(31,32)25-15-9-4-10-16-25/h2-20H,1H3. The summed E-state index contributed by atoms with van der Waals surface area (Å²) >= 11 is 1.37. The molecule has 0 fully saturated rings. The van der Waals surface area contributed by atoms with Gasteiger partial charge in [0.2, 0.25) is 4.80 Å². The molecule has 168 valence electrons. The zero-order valence-electron chi connectivity index (χ0n) is 18.5. The molecule has 4 nitrogen and oxygen atoms in total. The van der Waals surface area contributed by atoms with Crippen LogP contribution in [0.3, 0.4) is 0 Å². The van der Waals surface area contributed by atoms with Gasteiger partial charge in [0, 0.05) is 7.05 Å². The van der Waals surface area contributed by atoms with Gasteiger partial charge < -0.3 is 4.57 Å². The van der Waals surface area contributed by atoms with E-state index in [-0.39, 0.29) is 4.90 Å². The van der Waals surface area contributed by atoms with Crippen LogP contribution in [-0.2, 0) is 17.1 Å². The fraction of sp³-hybridized carbons (Fsp3) is 0.0357. The maximum absolute atomic E-state index is 13.0. The molecule has 0 saturated heterocycles. The molecule has 5 aromatic rings. The molecule has 0 amide bonds.